The molecule has 19 heavy (non-hydrogen) atoms. The second-order valence-corrected chi connectivity index (χ2v) is 4.58. The van der Waals surface area contributed by atoms with E-state index in [9.17, 15) is 0 Å². The number of hydrogen-bond acceptors (Lipinski definition) is 5. The van der Waals surface area contributed by atoms with Crippen molar-refractivity contribution in [2.45, 2.75) is 19.9 Å². The fourth-order valence-electron chi connectivity index (χ4n) is 2.03. The molecule has 0 bridgehead atoms. The second-order valence-electron chi connectivity index (χ2n) is 4.20. The molecule has 7 heteroatoms. The normalized spacial score (nSPS) is 11.3. The number of hydrogen-bond donors (Lipinski definition) is 0. The number of halogens is 1. The van der Waals surface area contributed by atoms with Crippen LogP contribution in [0.1, 0.15) is 17.2 Å². The summed E-state index contributed by atoms with van der Waals surface area (Å²) in [6.45, 7) is 2.50. The fraction of sp³-hybridized carbons (Fsp3) is 0.333. The zero-order valence-electron chi connectivity index (χ0n) is 10.4. The predicted molar refractivity (Wildman–Crippen MR) is 70.1 cm³/mol. The molecule has 3 aromatic rings. The third-order valence-electron chi connectivity index (χ3n) is 2.94. The quantitative estimate of drug-likeness (QED) is 0.682. The van der Waals surface area contributed by atoms with Crippen LogP contribution in [-0.4, -0.2) is 30.6 Å². The largest absolute Gasteiger partial charge is 0.343 e. The van der Waals surface area contributed by atoms with E-state index in [1.165, 1.54) is 6.39 Å². The van der Waals surface area contributed by atoms with E-state index in [0.717, 1.165) is 22.6 Å². The van der Waals surface area contributed by atoms with Gasteiger partial charge in [-0.2, -0.15) is 4.98 Å². The van der Waals surface area contributed by atoms with Gasteiger partial charge in [0.1, 0.15) is 11.3 Å². The van der Waals surface area contributed by atoms with Crippen LogP contribution in [0.15, 0.2) is 23.2 Å². The van der Waals surface area contributed by atoms with Crippen LogP contribution in [0.2, 0.25) is 0 Å². The first kappa shape index (κ1) is 12.1. The minimum Gasteiger partial charge on any atom is -0.343 e. The van der Waals surface area contributed by atoms with Gasteiger partial charge in [0.05, 0.1) is 6.54 Å². The van der Waals surface area contributed by atoms with Gasteiger partial charge >= 0.3 is 0 Å². The van der Waals surface area contributed by atoms with Crippen molar-refractivity contribution in [2.75, 3.05) is 5.88 Å². The second kappa shape index (κ2) is 4.97. The molecule has 0 amide bonds. The van der Waals surface area contributed by atoms with Crippen molar-refractivity contribution in [3.05, 3.63) is 35.9 Å². The molecule has 3 rings (SSSR count). The summed E-state index contributed by atoms with van der Waals surface area (Å²) in [7, 11) is 0. The average molecular weight is 278 g/mol. The first-order valence-electron chi connectivity index (χ1n) is 5.91. The number of imidazole rings is 1. The highest BCUT2D eigenvalue weighted by molar-refractivity contribution is 6.17. The molecule has 0 atom stereocenters. The third kappa shape index (κ3) is 2.19. The topological polar surface area (TPSA) is 69.6 Å². The van der Waals surface area contributed by atoms with Crippen LogP contribution in [-0.2, 0) is 13.0 Å². The molecule has 6 nitrogen and oxygen atoms in total. The minimum atomic E-state index is 0.482. The van der Waals surface area contributed by atoms with Gasteiger partial charge in [0, 0.05) is 18.5 Å². The van der Waals surface area contributed by atoms with Gasteiger partial charge in [-0.15, -0.1) is 11.6 Å². The molecule has 98 valence electrons. The lowest BCUT2D eigenvalue weighted by Gasteiger charge is -2.04. The Balaban J connectivity index is 2.13. The van der Waals surface area contributed by atoms with E-state index in [-0.39, 0.29) is 0 Å². The highest BCUT2D eigenvalue weighted by atomic mass is 35.5. The van der Waals surface area contributed by atoms with E-state index in [2.05, 4.69) is 20.1 Å². The predicted octanol–water partition coefficient (Wildman–Crippen LogP) is 1.95. The molecule has 0 unspecified atom stereocenters. The Labute approximate surface area is 114 Å². The smallest absolute Gasteiger partial charge is 0.213 e. The molecule has 0 saturated carbocycles. The van der Waals surface area contributed by atoms with E-state index in [0.29, 0.717) is 24.7 Å². The number of aromatic nitrogens is 5. The summed E-state index contributed by atoms with van der Waals surface area (Å²) >= 11 is 5.83. The summed E-state index contributed by atoms with van der Waals surface area (Å²) in [5.74, 6) is 1.99. The molecule has 0 radical (unpaired) electrons. The van der Waals surface area contributed by atoms with Crippen molar-refractivity contribution in [1.82, 2.24) is 24.7 Å². The molecular weight excluding hydrogens is 266 g/mol. The van der Waals surface area contributed by atoms with Crippen LogP contribution in [0.25, 0.3) is 11.2 Å². The standard InChI is InChI=1S/C12H12ClN5O/c1-8-3-5-14-12-11(8)16-10(2-4-13)18(12)6-9-15-7-19-17-9/h3,5,7H,2,4,6H2,1H3. The SMILES string of the molecule is Cc1ccnc2c1nc(CCCl)n2Cc1ncon1. The molecule has 0 aromatic carbocycles. The Bertz CT molecular complexity index is 692. The van der Waals surface area contributed by atoms with Crippen molar-refractivity contribution in [1.29, 1.82) is 0 Å². The summed E-state index contributed by atoms with van der Waals surface area (Å²) in [6, 6.07) is 1.94. The molecule has 3 heterocycles. The maximum Gasteiger partial charge on any atom is 0.213 e. The van der Waals surface area contributed by atoms with Gasteiger partial charge in [0.15, 0.2) is 11.5 Å². The Hall–Kier alpha value is -1.95. The lowest BCUT2D eigenvalue weighted by molar-refractivity contribution is 0.408. The van der Waals surface area contributed by atoms with Crippen LogP contribution in [0, 0.1) is 6.92 Å². The molecule has 0 fully saturated rings. The molecule has 0 aliphatic heterocycles. The van der Waals surface area contributed by atoms with Gasteiger partial charge in [0.2, 0.25) is 6.39 Å². The number of rotatable bonds is 4. The molecule has 0 saturated heterocycles. The number of pyridine rings is 1. The van der Waals surface area contributed by atoms with Crippen LogP contribution in [0.4, 0.5) is 0 Å². The van der Waals surface area contributed by atoms with E-state index in [1.54, 1.807) is 6.20 Å². The highest BCUT2D eigenvalue weighted by Crippen LogP contribution is 2.18. The molecule has 0 aliphatic carbocycles. The minimum absolute atomic E-state index is 0.482. The maximum atomic E-state index is 5.83. The number of fused-ring (bicyclic) bond motifs is 1. The van der Waals surface area contributed by atoms with E-state index < -0.39 is 0 Å². The first-order chi connectivity index (χ1) is 9.29. The molecular formula is C12H12ClN5O. The van der Waals surface area contributed by atoms with Gasteiger partial charge in [0.25, 0.3) is 0 Å². The van der Waals surface area contributed by atoms with Gasteiger partial charge < -0.3 is 9.09 Å². The van der Waals surface area contributed by atoms with Crippen LogP contribution < -0.4 is 0 Å². The lowest BCUT2D eigenvalue weighted by atomic mass is 10.3. The third-order valence-corrected chi connectivity index (χ3v) is 3.13. The van der Waals surface area contributed by atoms with Crippen LogP contribution in [0.5, 0.6) is 0 Å². The van der Waals surface area contributed by atoms with Gasteiger partial charge in [-0.3, -0.25) is 0 Å². The van der Waals surface area contributed by atoms with Crippen LogP contribution >= 0.6 is 11.6 Å². The Morgan fingerprint density at radius 3 is 3.00 bits per heavy atom. The first-order valence-corrected chi connectivity index (χ1v) is 6.45. The van der Waals surface area contributed by atoms with Gasteiger partial charge in [-0.05, 0) is 18.6 Å². The molecule has 3 aromatic heterocycles. The van der Waals surface area contributed by atoms with Crippen molar-refractivity contribution in [3.8, 4) is 0 Å². The monoisotopic (exact) mass is 277 g/mol. The molecule has 0 N–H and O–H groups in total. The zero-order chi connectivity index (χ0) is 13.2. The number of aryl methyl sites for hydroxylation is 2. The molecule has 0 aliphatic rings. The number of nitrogens with zero attached hydrogens (tertiary/aromatic N) is 5. The Kier molecular flexibility index (Phi) is 3.16. The van der Waals surface area contributed by atoms with Gasteiger partial charge in [-0.1, -0.05) is 5.16 Å². The highest BCUT2D eigenvalue weighted by Gasteiger charge is 2.14. The fourth-order valence-corrected chi connectivity index (χ4v) is 2.20. The van der Waals surface area contributed by atoms with Gasteiger partial charge in [-0.25, -0.2) is 9.97 Å². The summed E-state index contributed by atoms with van der Waals surface area (Å²) in [6.07, 6.45) is 3.76. The van der Waals surface area contributed by atoms with Crippen molar-refractivity contribution in [3.63, 3.8) is 0 Å². The van der Waals surface area contributed by atoms with Crippen molar-refractivity contribution in [2.24, 2.45) is 0 Å². The maximum absolute atomic E-state index is 5.83. The van der Waals surface area contributed by atoms with Crippen molar-refractivity contribution >= 4 is 22.8 Å². The lowest BCUT2D eigenvalue weighted by Crippen LogP contribution is -2.07. The van der Waals surface area contributed by atoms with E-state index in [1.807, 2.05) is 17.6 Å². The van der Waals surface area contributed by atoms with E-state index in [4.69, 9.17) is 16.1 Å². The number of alkyl halides is 1. The Morgan fingerprint density at radius 1 is 1.37 bits per heavy atom. The zero-order valence-corrected chi connectivity index (χ0v) is 11.1. The van der Waals surface area contributed by atoms with E-state index >= 15 is 0 Å². The van der Waals surface area contributed by atoms with Crippen LogP contribution in [0.3, 0.4) is 0 Å². The molecule has 0 spiro atoms. The summed E-state index contributed by atoms with van der Waals surface area (Å²) in [5, 5.41) is 3.83. The summed E-state index contributed by atoms with van der Waals surface area (Å²) in [5.41, 5.74) is 2.81. The summed E-state index contributed by atoms with van der Waals surface area (Å²) in [4.78, 5) is 13.0. The Morgan fingerprint density at radius 2 is 2.26 bits per heavy atom. The average Bonchev–Trinajstić information content (AvgIpc) is 3.01. The van der Waals surface area contributed by atoms with Crippen molar-refractivity contribution < 1.29 is 4.52 Å². The summed E-state index contributed by atoms with van der Waals surface area (Å²) < 4.78 is 6.74.